The summed E-state index contributed by atoms with van der Waals surface area (Å²) in [7, 11) is 0. The van der Waals surface area contributed by atoms with Crippen LogP contribution in [0.25, 0.3) is 0 Å². The molecule has 0 aromatic heterocycles. The zero-order chi connectivity index (χ0) is 16.9. The van der Waals surface area contributed by atoms with Gasteiger partial charge in [0.1, 0.15) is 5.82 Å². The summed E-state index contributed by atoms with van der Waals surface area (Å²) in [6.07, 6.45) is 5.20. The maximum Gasteiger partial charge on any atom is 0.239 e. The highest BCUT2D eigenvalue weighted by atomic mass is 19.1. The molecule has 0 radical (unpaired) electrons. The van der Waals surface area contributed by atoms with E-state index >= 15 is 0 Å². The van der Waals surface area contributed by atoms with Gasteiger partial charge in [0.2, 0.25) is 5.91 Å². The smallest absolute Gasteiger partial charge is 0.239 e. The van der Waals surface area contributed by atoms with Crippen LogP contribution in [0, 0.1) is 11.7 Å². The van der Waals surface area contributed by atoms with Gasteiger partial charge in [0.25, 0.3) is 0 Å². The molecule has 1 aromatic rings. The van der Waals surface area contributed by atoms with E-state index in [9.17, 15) is 9.18 Å². The molecule has 0 saturated carbocycles. The SMILES string of the molecule is NCC1CCN(C(=O)C2CCCCN2Cc2ccc(F)cc2)CC1. The van der Waals surface area contributed by atoms with Crippen molar-refractivity contribution in [3.8, 4) is 0 Å². The van der Waals surface area contributed by atoms with Gasteiger partial charge >= 0.3 is 0 Å². The summed E-state index contributed by atoms with van der Waals surface area (Å²) in [6, 6.07) is 6.59. The minimum Gasteiger partial charge on any atom is -0.341 e. The van der Waals surface area contributed by atoms with E-state index in [1.54, 1.807) is 0 Å². The van der Waals surface area contributed by atoms with Crippen molar-refractivity contribution in [1.29, 1.82) is 0 Å². The third kappa shape index (κ3) is 4.14. The largest absolute Gasteiger partial charge is 0.341 e. The van der Waals surface area contributed by atoms with E-state index < -0.39 is 0 Å². The fraction of sp³-hybridized carbons (Fsp3) is 0.632. The van der Waals surface area contributed by atoms with Crippen molar-refractivity contribution in [3.05, 3.63) is 35.6 Å². The van der Waals surface area contributed by atoms with Crippen LogP contribution in [-0.2, 0) is 11.3 Å². The Bertz CT molecular complexity index is 540. The van der Waals surface area contributed by atoms with Crippen molar-refractivity contribution < 1.29 is 9.18 Å². The number of nitrogens with zero attached hydrogens (tertiary/aromatic N) is 2. The van der Waals surface area contributed by atoms with Gasteiger partial charge in [-0.25, -0.2) is 4.39 Å². The Morgan fingerprint density at radius 2 is 1.79 bits per heavy atom. The molecule has 2 fully saturated rings. The summed E-state index contributed by atoms with van der Waals surface area (Å²) in [5.41, 5.74) is 6.82. The normalized spacial score (nSPS) is 23.4. The van der Waals surface area contributed by atoms with Crippen LogP contribution < -0.4 is 5.73 Å². The molecule has 0 spiro atoms. The van der Waals surface area contributed by atoms with E-state index in [1.807, 2.05) is 17.0 Å². The van der Waals surface area contributed by atoms with Crippen molar-refractivity contribution in [2.45, 2.75) is 44.7 Å². The second kappa shape index (κ2) is 8.08. The Kier molecular flexibility index (Phi) is 5.85. The Balaban J connectivity index is 1.63. The Hall–Kier alpha value is -1.46. The molecule has 2 N–H and O–H groups in total. The maximum absolute atomic E-state index is 13.1. The number of carbonyl (C=O) groups is 1. The van der Waals surface area contributed by atoms with Gasteiger partial charge in [0.15, 0.2) is 0 Å². The molecule has 3 rings (SSSR count). The molecule has 1 amide bonds. The summed E-state index contributed by atoms with van der Waals surface area (Å²) in [5, 5.41) is 0. The first kappa shape index (κ1) is 17.4. The molecular formula is C19H28FN3O. The average molecular weight is 333 g/mol. The number of hydrogen-bond donors (Lipinski definition) is 1. The van der Waals surface area contributed by atoms with Crippen LogP contribution in [0.15, 0.2) is 24.3 Å². The van der Waals surface area contributed by atoms with Gasteiger partial charge in [-0.15, -0.1) is 0 Å². The lowest BCUT2D eigenvalue weighted by molar-refractivity contribution is -0.140. The van der Waals surface area contributed by atoms with Crippen molar-refractivity contribution >= 4 is 5.91 Å². The number of rotatable bonds is 4. The number of benzene rings is 1. The van der Waals surface area contributed by atoms with E-state index in [-0.39, 0.29) is 17.8 Å². The van der Waals surface area contributed by atoms with Gasteiger partial charge in [0.05, 0.1) is 6.04 Å². The average Bonchev–Trinajstić information content (AvgIpc) is 2.63. The molecular weight excluding hydrogens is 305 g/mol. The van der Waals surface area contributed by atoms with E-state index in [0.29, 0.717) is 5.92 Å². The lowest BCUT2D eigenvalue weighted by atomic mass is 9.95. The summed E-state index contributed by atoms with van der Waals surface area (Å²) in [5.74, 6) is 0.621. The van der Waals surface area contributed by atoms with Gasteiger partial charge in [0, 0.05) is 19.6 Å². The third-order valence-corrected chi connectivity index (χ3v) is 5.46. The number of nitrogens with two attached hydrogens (primary N) is 1. The summed E-state index contributed by atoms with van der Waals surface area (Å²) in [4.78, 5) is 17.3. The zero-order valence-electron chi connectivity index (χ0n) is 14.3. The molecule has 2 saturated heterocycles. The molecule has 5 heteroatoms. The minimum absolute atomic E-state index is 0.0294. The van der Waals surface area contributed by atoms with Crippen LogP contribution in [0.3, 0.4) is 0 Å². The van der Waals surface area contributed by atoms with E-state index in [1.165, 1.54) is 12.1 Å². The number of likely N-dealkylation sites (tertiary alicyclic amines) is 2. The van der Waals surface area contributed by atoms with Gasteiger partial charge in [-0.1, -0.05) is 18.6 Å². The summed E-state index contributed by atoms with van der Waals surface area (Å²) >= 11 is 0. The van der Waals surface area contributed by atoms with Gasteiger partial charge < -0.3 is 10.6 Å². The third-order valence-electron chi connectivity index (χ3n) is 5.46. The fourth-order valence-corrected chi connectivity index (χ4v) is 3.88. The number of carbonyl (C=O) groups excluding carboxylic acids is 1. The maximum atomic E-state index is 13.1. The van der Waals surface area contributed by atoms with Crippen LogP contribution >= 0.6 is 0 Å². The number of amides is 1. The van der Waals surface area contributed by atoms with Crippen LogP contribution in [0.4, 0.5) is 4.39 Å². The lowest BCUT2D eigenvalue weighted by Gasteiger charge is -2.40. The van der Waals surface area contributed by atoms with E-state index in [0.717, 1.165) is 70.4 Å². The second-order valence-electron chi connectivity index (χ2n) is 7.11. The van der Waals surface area contributed by atoms with E-state index in [2.05, 4.69) is 4.90 Å². The minimum atomic E-state index is -0.215. The van der Waals surface area contributed by atoms with Gasteiger partial charge in [-0.2, -0.15) is 0 Å². The van der Waals surface area contributed by atoms with Crippen LogP contribution in [0.2, 0.25) is 0 Å². The molecule has 2 aliphatic rings. The highest BCUT2D eigenvalue weighted by Gasteiger charge is 2.33. The zero-order valence-corrected chi connectivity index (χ0v) is 14.3. The van der Waals surface area contributed by atoms with Crippen molar-refractivity contribution in [1.82, 2.24) is 9.80 Å². The van der Waals surface area contributed by atoms with Crippen LogP contribution in [-0.4, -0.2) is 47.9 Å². The fourth-order valence-electron chi connectivity index (χ4n) is 3.88. The van der Waals surface area contributed by atoms with Gasteiger partial charge in [-0.3, -0.25) is 9.69 Å². The highest BCUT2D eigenvalue weighted by Crippen LogP contribution is 2.24. The molecule has 1 atom stereocenters. The predicted molar refractivity (Wildman–Crippen MR) is 92.8 cm³/mol. The summed E-state index contributed by atoms with van der Waals surface area (Å²) < 4.78 is 13.1. The Morgan fingerprint density at radius 3 is 2.46 bits per heavy atom. The monoisotopic (exact) mass is 333 g/mol. The molecule has 1 unspecified atom stereocenters. The Morgan fingerprint density at radius 1 is 1.08 bits per heavy atom. The first-order chi connectivity index (χ1) is 11.7. The first-order valence-corrected chi connectivity index (χ1v) is 9.14. The molecule has 0 bridgehead atoms. The molecule has 2 heterocycles. The lowest BCUT2D eigenvalue weighted by Crippen LogP contribution is -2.52. The molecule has 4 nitrogen and oxygen atoms in total. The molecule has 1 aromatic carbocycles. The van der Waals surface area contributed by atoms with Crippen molar-refractivity contribution in [2.24, 2.45) is 11.7 Å². The molecule has 2 aliphatic heterocycles. The highest BCUT2D eigenvalue weighted by molar-refractivity contribution is 5.82. The standard InChI is InChI=1S/C19H28FN3O/c20-17-6-4-16(5-7-17)14-23-10-2-1-3-18(23)19(24)22-11-8-15(13-21)9-12-22/h4-7,15,18H,1-3,8-14,21H2. The van der Waals surface area contributed by atoms with Crippen LogP contribution in [0.1, 0.15) is 37.7 Å². The van der Waals surface area contributed by atoms with Crippen molar-refractivity contribution in [2.75, 3.05) is 26.2 Å². The van der Waals surface area contributed by atoms with E-state index in [4.69, 9.17) is 5.73 Å². The number of hydrogen-bond acceptors (Lipinski definition) is 3. The van der Waals surface area contributed by atoms with Crippen molar-refractivity contribution in [3.63, 3.8) is 0 Å². The topological polar surface area (TPSA) is 49.6 Å². The molecule has 132 valence electrons. The first-order valence-electron chi connectivity index (χ1n) is 9.14. The van der Waals surface area contributed by atoms with Gasteiger partial charge in [-0.05, 0) is 62.4 Å². The molecule has 24 heavy (non-hydrogen) atoms. The predicted octanol–water partition coefficient (Wildman–Crippen LogP) is 2.38. The second-order valence-corrected chi connectivity index (χ2v) is 7.11. The number of halogens is 1. The summed E-state index contributed by atoms with van der Waals surface area (Å²) in [6.45, 7) is 4.05. The van der Waals surface area contributed by atoms with Crippen LogP contribution in [0.5, 0.6) is 0 Å². The number of piperidine rings is 2. The quantitative estimate of drug-likeness (QED) is 0.920. The Labute approximate surface area is 143 Å². The molecule has 0 aliphatic carbocycles.